The van der Waals surface area contributed by atoms with Crippen LogP contribution >= 0.6 is 0 Å². The highest BCUT2D eigenvalue weighted by Crippen LogP contribution is 2.20. The van der Waals surface area contributed by atoms with Crippen molar-refractivity contribution in [2.24, 2.45) is 0 Å². The Morgan fingerprint density at radius 3 is 2.67 bits per heavy atom. The Kier molecular flexibility index (Phi) is 3.35. The van der Waals surface area contributed by atoms with Crippen molar-refractivity contribution in [3.63, 3.8) is 0 Å². The van der Waals surface area contributed by atoms with Crippen molar-refractivity contribution in [1.82, 2.24) is 14.5 Å². The number of nitrogens with zero attached hydrogens (tertiary/aromatic N) is 3. The van der Waals surface area contributed by atoms with E-state index in [0.29, 0.717) is 12.4 Å². The largest absolute Gasteiger partial charge is 0.476 e. The first-order chi connectivity index (χ1) is 11.7. The van der Waals surface area contributed by atoms with Gasteiger partial charge < -0.3 is 14.1 Å². The number of para-hydroxylation sites is 2. The Morgan fingerprint density at radius 2 is 1.92 bits per heavy atom. The number of aromatic carboxylic acids is 1. The fourth-order valence-electron chi connectivity index (χ4n) is 2.59. The summed E-state index contributed by atoms with van der Waals surface area (Å²) in [5.74, 6) is -0.805. The zero-order valence-electron chi connectivity index (χ0n) is 12.6. The van der Waals surface area contributed by atoms with E-state index in [1.54, 1.807) is 0 Å². The monoisotopic (exact) mass is 319 g/mol. The molecule has 1 N–H and O–H groups in total. The third-order valence-corrected chi connectivity index (χ3v) is 3.80. The summed E-state index contributed by atoms with van der Waals surface area (Å²) in [6.45, 7) is 0.701. The molecule has 6 nitrogen and oxygen atoms in total. The van der Waals surface area contributed by atoms with E-state index < -0.39 is 5.97 Å². The predicted molar refractivity (Wildman–Crippen MR) is 87.7 cm³/mol. The maximum atomic E-state index is 10.9. The van der Waals surface area contributed by atoms with Gasteiger partial charge in [-0.25, -0.2) is 14.8 Å². The van der Waals surface area contributed by atoms with E-state index in [0.717, 1.165) is 28.4 Å². The first kappa shape index (κ1) is 14.2. The van der Waals surface area contributed by atoms with Gasteiger partial charge in [-0.1, -0.05) is 24.3 Å². The van der Waals surface area contributed by atoms with Crippen LogP contribution in [0.15, 0.2) is 65.5 Å². The number of carboxylic acids is 1. The van der Waals surface area contributed by atoms with E-state index in [1.165, 1.54) is 0 Å². The molecular formula is C18H13N3O3. The minimum Gasteiger partial charge on any atom is -0.476 e. The summed E-state index contributed by atoms with van der Waals surface area (Å²) in [7, 11) is 0. The molecule has 4 aromatic rings. The number of imidazole rings is 1. The number of rotatable bonds is 4. The van der Waals surface area contributed by atoms with Crippen molar-refractivity contribution < 1.29 is 14.3 Å². The Labute approximate surface area is 137 Å². The summed E-state index contributed by atoms with van der Waals surface area (Å²) in [4.78, 5) is 19.2. The second-order valence-electron chi connectivity index (χ2n) is 5.40. The van der Waals surface area contributed by atoms with Gasteiger partial charge in [-0.15, -0.1) is 0 Å². The molecule has 2 aromatic carbocycles. The van der Waals surface area contributed by atoms with Crippen molar-refractivity contribution in [2.75, 3.05) is 0 Å². The number of aromatic nitrogens is 3. The van der Waals surface area contributed by atoms with Gasteiger partial charge in [-0.3, -0.25) is 0 Å². The molecule has 0 aliphatic rings. The summed E-state index contributed by atoms with van der Waals surface area (Å²) < 4.78 is 7.29. The average molecular weight is 319 g/mol. The van der Waals surface area contributed by atoms with Crippen molar-refractivity contribution in [1.29, 1.82) is 0 Å². The zero-order valence-corrected chi connectivity index (χ0v) is 12.6. The lowest BCUT2D eigenvalue weighted by Gasteiger charge is -2.05. The molecule has 0 aliphatic carbocycles. The fraction of sp³-hybridized carbons (Fsp3) is 0.0556. The van der Waals surface area contributed by atoms with Crippen LogP contribution in [0.1, 0.15) is 16.1 Å². The predicted octanol–water partition coefficient (Wildman–Crippen LogP) is 3.44. The molecule has 0 aliphatic heterocycles. The number of carbonyl (C=O) groups is 1. The van der Waals surface area contributed by atoms with Crippen molar-refractivity contribution in [2.45, 2.75) is 6.54 Å². The van der Waals surface area contributed by atoms with Crippen LogP contribution in [0.4, 0.5) is 0 Å². The number of oxazole rings is 1. The van der Waals surface area contributed by atoms with Crippen LogP contribution in [0.3, 0.4) is 0 Å². The van der Waals surface area contributed by atoms with E-state index >= 15 is 0 Å². The molecule has 6 heteroatoms. The van der Waals surface area contributed by atoms with Gasteiger partial charge in [0.2, 0.25) is 5.89 Å². The number of carboxylic acid groups (broad SMARTS) is 1. The van der Waals surface area contributed by atoms with Crippen LogP contribution in [0.5, 0.6) is 0 Å². The summed E-state index contributed by atoms with van der Waals surface area (Å²) in [6, 6.07) is 15.7. The van der Waals surface area contributed by atoms with Crippen molar-refractivity contribution in [3.05, 3.63) is 72.4 Å². The minimum absolute atomic E-state index is 0.0982. The number of hydrogen-bond acceptors (Lipinski definition) is 4. The molecule has 2 heterocycles. The smallest absolute Gasteiger partial charge is 0.357 e. The van der Waals surface area contributed by atoms with Gasteiger partial charge in [0.25, 0.3) is 0 Å². The molecule has 0 amide bonds. The standard InChI is InChI=1S/C18H13N3O3/c22-18(23)15-10-24-17(20-15)13-7-5-12(6-8-13)9-21-11-19-14-3-1-2-4-16(14)21/h1-8,10-11H,9H2,(H,22,23). The van der Waals surface area contributed by atoms with E-state index in [1.807, 2.05) is 54.9 Å². The Hall–Kier alpha value is -3.41. The van der Waals surface area contributed by atoms with E-state index in [4.69, 9.17) is 9.52 Å². The maximum Gasteiger partial charge on any atom is 0.357 e. The highest BCUT2D eigenvalue weighted by molar-refractivity contribution is 5.85. The molecule has 0 radical (unpaired) electrons. The number of benzene rings is 2. The highest BCUT2D eigenvalue weighted by atomic mass is 16.4. The Bertz CT molecular complexity index is 1020. The summed E-state index contributed by atoms with van der Waals surface area (Å²) in [5, 5.41) is 8.89. The molecule has 118 valence electrons. The fourth-order valence-corrected chi connectivity index (χ4v) is 2.59. The second kappa shape index (κ2) is 5.66. The molecule has 24 heavy (non-hydrogen) atoms. The molecule has 0 unspecified atom stereocenters. The quantitative estimate of drug-likeness (QED) is 0.623. The van der Waals surface area contributed by atoms with Crippen LogP contribution < -0.4 is 0 Å². The van der Waals surface area contributed by atoms with Crippen LogP contribution in [0.2, 0.25) is 0 Å². The topological polar surface area (TPSA) is 81.1 Å². The number of fused-ring (bicyclic) bond motifs is 1. The molecular weight excluding hydrogens is 306 g/mol. The van der Waals surface area contributed by atoms with E-state index in [2.05, 4.69) is 14.5 Å². The lowest BCUT2D eigenvalue weighted by molar-refractivity contribution is 0.0690. The third kappa shape index (κ3) is 2.54. The van der Waals surface area contributed by atoms with E-state index in [9.17, 15) is 4.79 Å². The Morgan fingerprint density at radius 1 is 1.12 bits per heavy atom. The second-order valence-corrected chi connectivity index (χ2v) is 5.40. The SMILES string of the molecule is O=C(O)c1coc(-c2ccc(Cn3cnc4ccccc43)cc2)n1. The summed E-state index contributed by atoms with van der Waals surface area (Å²) in [6.07, 6.45) is 2.97. The molecule has 0 atom stereocenters. The van der Waals surface area contributed by atoms with Crippen LogP contribution in [-0.4, -0.2) is 25.6 Å². The zero-order chi connectivity index (χ0) is 16.5. The first-order valence-corrected chi connectivity index (χ1v) is 7.39. The Balaban J connectivity index is 1.58. The third-order valence-electron chi connectivity index (χ3n) is 3.80. The van der Waals surface area contributed by atoms with Gasteiger partial charge in [0.1, 0.15) is 6.26 Å². The van der Waals surface area contributed by atoms with Gasteiger partial charge in [-0.2, -0.15) is 0 Å². The molecule has 0 fully saturated rings. The van der Waals surface area contributed by atoms with Gasteiger partial charge in [0, 0.05) is 12.1 Å². The van der Waals surface area contributed by atoms with Gasteiger partial charge in [0.15, 0.2) is 5.69 Å². The average Bonchev–Trinajstić information content (AvgIpc) is 3.24. The summed E-state index contributed by atoms with van der Waals surface area (Å²) >= 11 is 0. The van der Waals surface area contributed by atoms with Gasteiger partial charge >= 0.3 is 5.97 Å². The van der Waals surface area contributed by atoms with Crippen molar-refractivity contribution >= 4 is 17.0 Å². The van der Waals surface area contributed by atoms with Gasteiger partial charge in [-0.05, 0) is 29.8 Å². The minimum atomic E-state index is -1.10. The van der Waals surface area contributed by atoms with Crippen LogP contribution in [0, 0.1) is 0 Å². The summed E-state index contributed by atoms with van der Waals surface area (Å²) in [5.41, 5.74) is 3.79. The van der Waals surface area contributed by atoms with Crippen LogP contribution in [-0.2, 0) is 6.54 Å². The number of hydrogen-bond donors (Lipinski definition) is 1. The molecule has 2 aromatic heterocycles. The molecule has 0 saturated carbocycles. The molecule has 0 saturated heterocycles. The highest BCUT2D eigenvalue weighted by Gasteiger charge is 2.12. The van der Waals surface area contributed by atoms with E-state index in [-0.39, 0.29) is 5.69 Å². The lowest BCUT2D eigenvalue weighted by atomic mass is 10.1. The van der Waals surface area contributed by atoms with Crippen molar-refractivity contribution in [3.8, 4) is 11.5 Å². The lowest BCUT2D eigenvalue weighted by Crippen LogP contribution is -1.98. The van der Waals surface area contributed by atoms with Gasteiger partial charge in [0.05, 0.1) is 17.4 Å². The first-order valence-electron chi connectivity index (χ1n) is 7.39. The molecule has 0 bridgehead atoms. The molecule has 4 rings (SSSR count). The molecule has 0 spiro atoms. The maximum absolute atomic E-state index is 10.9. The van der Waals surface area contributed by atoms with Crippen LogP contribution in [0.25, 0.3) is 22.5 Å². The normalized spacial score (nSPS) is 11.0.